The number of benzene rings is 3. The Bertz CT molecular complexity index is 1010. The average Bonchev–Trinajstić information content (AvgIpc) is 3.17. The maximum Gasteiger partial charge on any atom is 0.227 e. The Morgan fingerprint density at radius 3 is 2.07 bits per heavy atom. The van der Waals surface area contributed by atoms with Crippen molar-refractivity contribution in [3.63, 3.8) is 0 Å². The van der Waals surface area contributed by atoms with Crippen LogP contribution in [0.5, 0.6) is 0 Å². The van der Waals surface area contributed by atoms with Gasteiger partial charge in [-0.25, -0.2) is 0 Å². The molecule has 30 heavy (non-hydrogen) atoms. The van der Waals surface area contributed by atoms with Crippen molar-refractivity contribution in [2.24, 2.45) is 5.92 Å². The van der Waals surface area contributed by atoms with Gasteiger partial charge in [0.2, 0.25) is 11.8 Å². The molecule has 1 saturated heterocycles. The van der Waals surface area contributed by atoms with Crippen molar-refractivity contribution in [3.05, 3.63) is 101 Å². The summed E-state index contributed by atoms with van der Waals surface area (Å²) in [5.41, 5.74) is 5.23. The molecule has 0 bridgehead atoms. The molecular formula is C26H26N2O2. The van der Waals surface area contributed by atoms with Crippen molar-refractivity contribution in [2.75, 3.05) is 11.4 Å². The van der Waals surface area contributed by atoms with E-state index >= 15 is 0 Å². The summed E-state index contributed by atoms with van der Waals surface area (Å²) >= 11 is 0. The third kappa shape index (κ3) is 4.13. The molecule has 0 radical (unpaired) electrons. The van der Waals surface area contributed by atoms with E-state index in [9.17, 15) is 9.59 Å². The molecule has 0 saturated carbocycles. The molecule has 1 aliphatic rings. The van der Waals surface area contributed by atoms with Crippen LogP contribution in [-0.2, 0) is 9.59 Å². The summed E-state index contributed by atoms with van der Waals surface area (Å²) in [7, 11) is 0. The quantitative estimate of drug-likeness (QED) is 0.685. The molecule has 1 heterocycles. The molecule has 1 aliphatic heterocycles. The molecule has 3 aromatic carbocycles. The highest BCUT2D eigenvalue weighted by Gasteiger charge is 2.36. The minimum atomic E-state index is -0.367. The first-order valence-corrected chi connectivity index (χ1v) is 10.3. The first kappa shape index (κ1) is 19.9. The van der Waals surface area contributed by atoms with E-state index in [1.165, 1.54) is 5.56 Å². The largest absolute Gasteiger partial charge is 0.345 e. The highest BCUT2D eigenvalue weighted by molar-refractivity contribution is 6.00. The Morgan fingerprint density at radius 2 is 1.50 bits per heavy atom. The highest BCUT2D eigenvalue weighted by atomic mass is 16.2. The maximum atomic E-state index is 13.2. The van der Waals surface area contributed by atoms with Crippen LogP contribution in [0.15, 0.2) is 78.9 Å². The van der Waals surface area contributed by atoms with Crippen LogP contribution in [0.3, 0.4) is 0 Å². The van der Waals surface area contributed by atoms with Gasteiger partial charge < -0.3 is 10.2 Å². The summed E-state index contributed by atoms with van der Waals surface area (Å²) in [6.45, 7) is 4.49. The first-order chi connectivity index (χ1) is 14.5. The topological polar surface area (TPSA) is 49.4 Å². The van der Waals surface area contributed by atoms with Crippen molar-refractivity contribution < 1.29 is 9.59 Å². The van der Waals surface area contributed by atoms with E-state index in [1.54, 1.807) is 4.90 Å². The Morgan fingerprint density at radius 1 is 0.900 bits per heavy atom. The third-order valence-electron chi connectivity index (χ3n) is 5.85. The van der Waals surface area contributed by atoms with Crippen molar-refractivity contribution in [3.8, 4) is 0 Å². The third-order valence-corrected chi connectivity index (χ3v) is 5.85. The Kier molecular flexibility index (Phi) is 5.66. The van der Waals surface area contributed by atoms with Gasteiger partial charge in [0.15, 0.2) is 0 Å². The summed E-state index contributed by atoms with van der Waals surface area (Å²) in [5, 5.41) is 3.19. The van der Waals surface area contributed by atoms with Crippen LogP contribution in [0.25, 0.3) is 0 Å². The second-order valence-corrected chi connectivity index (χ2v) is 7.94. The standard InChI is InChI=1S/C26H26N2O2/c1-18-13-14-23(15-19(18)2)28-17-22(16-24(28)29)26(30)27-25(20-9-5-3-6-10-20)21-11-7-4-8-12-21/h3-15,22,25H,16-17H2,1-2H3,(H,27,30)/t22-/m0/s1. The predicted octanol–water partition coefficient (Wildman–Crippen LogP) is 4.56. The van der Waals surface area contributed by atoms with E-state index < -0.39 is 0 Å². The minimum Gasteiger partial charge on any atom is -0.345 e. The van der Waals surface area contributed by atoms with Crippen LogP contribution in [0.4, 0.5) is 5.69 Å². The lowest BCUT2D eigenvalue weighted by molar-refractivity contribution is -0.126. The number of anilines is 1. The summed E-state index contributed by atoms with van der Waals surface area (Å²) in [5.74, 6) is -0.462. The number of aryl methyl sites for hydroxylation is 2. The van der Waals surface area contributed by atoms with E-state index in [1.807, 2.05) is 85.8 Å². The molecule has 0 spiro atoms. The second-order valence-electron chi connectivity index (χ2n) is 7.94. The Labute approximate surface area is 177 Å². The molecule has 4 heteroatoms. The predicted molar refractivity (Wildman–Crippen MR) is 119 cm³/mol. The summed E-state index contributed by atoms with van der Waals surface area (Å²) in [4.78, 5) is 27.5. The molecule has 0 aromatic heterocycles. The monoisotopic (exact) mass is 398 g/mol. The number of rotatable bonds is 5. The maximum absolute atomic E-state index is 13.2. The average molecular weight is 399 g/mol. The number of amides is 2. The van der Waals surface area contributed by atoms with Crippen LogP contribution >= 0.6 is 0 Å². The zero-order valence-corrected chi connectivity index (χ0v) is 17.3. The van der Waals surface area contributed by atoms with E-state index in [0.29, 0.717) is 6.54 Å². The number of hydrogen-bond donors (Lipinski definition) is 1. The number of carbonyl (C=O) groups excluding carboxylic acids is 2. The van der Waals surface area contributed by atoms with Crippen LogP contribution < -0.4 is 10.2 Å². The van der Waals surface area contributed by atoms with Crippen molar-refractivity contribution >= 4 is 17.5 Å². The lowest BCUT2D eigenvalue weighted by Crippen LogP contribution is -2.36. The Hall–Kier alpha value is -3.40. The second kappa shape index (κ2) is 8.54. The fraction of sp³-hybridized carbons (Fsp3) is 0.231. The Balaban J connectivity index is 1.53. The zero-order chi connectivity index (χ0) is 21.1. The van der Waals surface area contributed by atoms with Gasteiger partial charge in [0.1, 0.15) is 0 Å². The highest BCUT2D eigenvalue weighted by Crippen LogP contribution is 2.28. The van der Waals surface area contributed by atoms with Crippen LogP contribution in [0, 0.1) is 19.8 Å². The molecule has 2 amide bonds. The molecular weight excluding hydrogens is 372 g/mol. The van der Waals surface area contributed by atoms with Crippen molar-refractivity contribution in [2.45, 2.75) is 26.3 Å². The van der Waals surface area contributed by atoms with E-state index in [2.05, 4.69) is 12.2 Å². The minimum absolute atomic E-state index is 0.00521. The van der Waals surface area contributed by atoms with Crippen LogP contribution in [-0.4, -0.2) is 18.4 Å². The first-order valence-electron chi connectivity index (χ1n) is 10.3. The molecule has 1 N–H and O–H groups in total. The number of nitrogens with zero attached hydrogens (tertiary/aromatic N) is 1. The van der Waals surface area contributed by atoms with Gasteiger partial charge in [-0.3, -0.25) is 9.59 Å². The molecule has 0 aliphatic carbocycles. The molecule has 0 unspecified atom stereocenters. The smallest absolute Gasteiger partial charge is 0.227 e. The van der Waals surface area contributed by atoms with Gasteiger partial charge in [-0.15, -0.1) is 0 Å². The van der Waals surface area contributed by atoms with Gasteiger partial charge in [0.25, 0.3) is 0 Å². The van der Waals surface area contributed by atoms with Gasteiger partial charge in [-0.1, -0.05) is 66.7 Å². The molecule has 3 aromatic rings. The van der Waals surface area contributed by atoms with E-state index in [4.69, 9.17) is 0 Å². The summed E-state index contributed by atoms with van der Waals surface area (Å²) in [6.07, 6.45) is 0.231. The molecule has 1 atom stereocenters. The van der Waals surface area contributed by atoms with Gasteiger partial charge in [-0.05, 0) is 48.2 Å². The van der Waals surface area contributed by atoms with Crippen LogP contribution in [0.1, 0.15) is 34.7 Å². The normalized spacial score (nSPS) is 16.2. The van der Waals surface area contributed by atoms with Crippen LogP contribution in [0.2, 0.25) is 0 Å². The lowest BCUT2D eigenvalue weighted by Gasteiger charge is -2.22. The van der Waals surface area contributed by atoms with Gasteiger partial charge in [0, 0.05) is 18.7 Å². The summed E-state index contributed by atoms with van der Waals surface area (Å²) in [6, 6.07) is 25.6. The lowest BCUT2D eigenvalue weighted by atomic mass is 9.97. The fourth-order valence-electron chi connectivity index (χ4n) is 3.94. The summed E-state index contributed by atoms with van der Waals surface area (Å²) < 4.78 is 0. The van der Waals surface area contributed by atoms with Crippen molar-refractivity contribution in [1.82, 2.24) is 5.32 Å². The molecule has 4 nitrogen and oxygen atoms in total. The van der Waals surface area contributed by atoms with E-state index in [-0.39, 0.29) is 30.2 Å². The number of carbonyl (C=O) groups is 2. The number of hydrogen-bond acceptors (Lipinski definition) is 2. The molecule has 152 valence electrons. The molecule has 1 fully saturated rings. The van der Waals surface area contributed by atoms with Crippen molar-refractivity contribution in [1.29, 1.82) is 0 Å². The van der Waals surface area contributed by atoms with Gasteiger partial charge in [0.05, 0.1) is 12.0 Å². The van der Waals surface area contributed by atoms with Gasteiger partial charge in [-0.2, -0.15) is 0 Å². The fourth-order valence-corrected chi connectivity index (χ4v) is 3.94. The number of nitrogens with one attached hydrogen (secondary N) is 1. The SMILES string of the molecule is Cc1ccc(N2C[C@@H](C(=O)NC(c3ccccc3)c3ccccc3)CC2=O)cc1C. The van der Waals surface area contributed by atoms with Gasteiger partial charge >= 0.3 is 0 Å². The zero-order valence-electron chi connectivity index (χ0n) is 17.3. The van der Waals surface area contributed by atoms with E-state index in [0.717, 1.165) is 22.4 Å². The molecule has 4 rings (SSSR count).